The Hall–Kier alpha value is -2.98. The highest BCUT2D eigenvalue weighted by Gasteiger charge is 2.30. The van der Waals surface area contributed by atoms with Crippen molar-refractivity contribution in [2.75, 3.05) is 32.5 Å². The van der Waals surface area contributed by atoms with Gasteiger partial charge < -0.3 is 9.64 Å². The third kappa shape index (κ3) is 5.54. The van der Waals surface area contributed by atoms with Crippen LogP contribution in [0.25, 0.3) is 16.7 Å². The second-order valence-electron chi connectivity index (χ2n) is 9.77. The van der Waals surface area contributed by atoms with Gasteiger partial charge in [-0.1, -0.05) is 31.0 Å². The smallest absolute Gasteiger partial charge is 0.283 e. The zero-order valence-corrected chi connectivity index (χ0v) is 21.5. The summed E-state index contributed by atoms with van der Waals surface area (Å²) < 4.78 is 33.5. The van der Waals surface area contributed by atoms with Crippen LogP contribution in [0, 0.1) is 0 Å². The Morgan fingerprint density at radius 1 is 1.11 bits per heavy atom. The minimum atomic E-state index is -3.74. The number of rotatable bonds is 9. The summed E-state index contributed by atoms with van der Waals surface area (Å²) in [7, 11) is -3.74. The van der Waals surface area contributed by atoms with E-state index < -0.39 is 15.9 Å². The second kappa shape index (κ2) is 10.6. The van der Waals surface area contributed by atoms with Crippen LogP contribution in [-0.4, -0.2) is 66.5 Å². The molecule has 1 aliphatic carbocycles. The van der Waals surface area contributed by atoms with E-state index >= 15 is 0 Å². The summed E-state index contributed by atoms with van der Waals surface area (Å²) in [5.74, 6) is 0.0515. The minimum Gasteiger partial charge on any atom is -0.493 e. The Morgan fingerprint density at radius 2 is 1.86 bits per heavy atom. The Bertz CT molecular complexity index is 1330. The van der Waals surface area contributed by atoms with E-state index in [1.165, 1.54) is 19.3 Å². The van der Waals surface area contributed by atoms with Gasteiger partial charge >= 0.3 is 0 Å². The van der Waals surface area contributed by atoms with Gasteiger partial charge in [-0.2, -0.15) is 5.10 Å². The van der Waals surface area contributed by atoms with Crippen molar-refractivity contribution < 1.29 is 17.9 Å². The number of sulfonamides is 1. The molecule has 1 aliphatic heterocycles. The van der Waals surface area contributed by atoms with Crippen LogP contribution in [0.15, 0.2) is 36.4 Å². The van der Waals surface area contributed by atoms with E-state index in [0.29, 0.717) is 23.9 Å². The lowest BCUT2D eigenvalue weighted by Gasteiger charge is -2.26. The maximum absolute atomic E-state index is 12.8. The van der Waals surface area contributed by atoms with Crippen molar-refractivity contribution in [2.24, 2.45) is 0 Å². The van der Waals surface area contributed by atoms with Crippen LogP contribution >= 0.6 is 0 Å². The summed E-state index contributed by atoms with van der Waals surface area (Å²) in [5, 5.41) is 5.74. The number of para-hydroxylation sites is 1. The lowest BCUT2D eigenvalue weighted by atomic mass is 9.82. The van der Waals surface area contributed by atoms with Crippen LogP contribution in [0.5, 0.6) is 5.75 Å². The molecule has 1 N–H and O–H groups in total. The Balaban J connectivity index is 1.52. The van der Waals surface area contributed by atoms with Crippen molar-refractivity contribution in [2.45, 2.75) is 50.9 Å². The number of pyridine rings is 1. The van der Waals surface area contributed by atoms with E-state index in [9.17, 15) is 13.2 Å². The summed E-state index contributed by atoms with van der Waals surface area (Å²) in [6.45, 7) is 3.72. The molecule has 2 fully saturated rings. The standard InChI is InChI=1S/C26H33N5O4S/c1-36(33,34)29-26(32)21-18-22(35-17-9-16-30-14-6-3-7-15-30)23-24(19-10-8-11-19)28-31(25(23)27-21)20-12-4-2-5-13-20/h2,4-5,12-13,18-19H,3,6-11,14-17H2,1H3,(H,29,32). The molecule has 0 atom stereocenters. The summed E-state index contributed by atoms with van der Waals surface area (Å²) in [5.41, 5.74) is 2.22. The van der Waals surface area contributed by atoms with Gasteiger partial charge in [-0.25, -0.2) is 22.8 Å². The normalized spacial score (nSPS) is 17.1. The second-order valence-corrected chi connectivity index (χ2v) is 11.5. The number of ether oxygens (including phenoxy) is 1. The lowest BCUT2D eigenvalue weighted by Crippen LogP contribution is -2.31. The van der Waals surface area contributed by atoms with Crippen LogP contribution in [0.3, 0.4) is 0 Å². The van der Waals surface area contributed by atoms with Crippen LogP contribution in [-0.2, 0) is 10.0 Å². The molecule has 3 heterocycles. The van der Waals surface area contributed by atoms with Gasteiger partial charge in [0, 0.05) is 18.5 Å². The Morgan fingerprint density at radius 3 is 2.53 bits per heavy atom. The fourth-order valence-corrected chi connectivity index (χ4v) is 5.37. The zero-order valence-electron chi connectivity index (χ0n) is 20.6. The number of nitrogens with zero attached hydrogens (tertiary/aromatic N) is 4. The topological polar surface area (TPSA) is 106 Å². The van der Waals surface area contributed by atoms with Gasteiger partial charge in [0.25, 0.3) is 5.91 Å². The molecule has 1 saturated heterocycles. The molecule has 0 bridgehead atoms. The monoisotopic (exact) mass is 511 g/mol. The summed E-state index contributed by atoms with van der Waals surface area (Å²) in [6, 6.07) is 11.2. The zero-order chi connectivity index (χ0) is 25.1. The fourth-order valence-electron chi connectivity index (χ4n) is 4.93. The number of fused-ring (bicyclic) bond motifs is 1. The van der Waals surface area contributed by atoms with Gasteiger partial charge in [0.2, 0.25) is 10.0 Å². The van der Waals surface area contributed by atoms with Crippen molar-refractivity contribution in [1.82, 2.24) is 24.4 Å². The van der Waals surface area contributed by atoms with Crippen LogP contribution in [0.2, 0.25) is 0 Å². The molecule has 0 radical (unpaired) electrons. The molecule has 192 valence electrons. The molecule has 1 aromatic carbocycles. The molecule has 2 aromatic heterocycles. The van der Waals surface area contributed by atoms with E-state index in [0.717, 1.165) is 68.3 Å². The van der Waals surface area contributed by atoms with Crippen LogP contribution in [0.1, 0.15) is 67.0 Å². The average molecular weight is 512 g/mol. The molecule has 0 spiro atoms. The average Bonchev–Trinajstić information content (AvgIpc) is 3.20. The first kappa shape index (κ1) is 24.7. The first-order valence-electron chi connectivity index (χ1n) is 12.8. The molecular weight excluding hydrogens is 478 g/mol. The molecule has 10 heteroatoms. The van der Waals surface area contributed by atoms with Crippen molar-refractivity contribution in [3.63, 3.8) is 0 Å². The molecule has 9 nitrogen and oxygen atoms in total. The number of nitrogens with one attached hydrogen (secondary N) is 1. The molecule has 3 aromatic rings. The predicted octanol–water partition coefficient (Wildman–Crippen LogP) is 3.63. The minimum absolute atomic E-state index is 0.0174. The highest BCUT2D eigenvalue weighted by Crippen LogP contribution is 2.42. The van der Waals surface area contributed by atoms with Crippen molar-refractivity contribution in [3.8, 4) is 11.4 Å². The SMILES string of the molecule is CS(=O)(=O)NC(=O)c1cc(OCCCN2CCCCC2)c2c(C3CCC3)nn(-c3ccccc3)c2n1. The number of likely N-dealkylation sites (tertiary alicyclic amines) is 1. The number of carbonyl (C=O) groups is 1. The molecular formula is C26H33N5O4S. The number of carbonyl (C=O) groups excluding carboxylic acids is 1. The first-order valence-corrected chi connectivity index (χ1v) is 14.6. The number of hydrogen-bond donors (Lipinski definition) is 1. The summed E-state index contributed by atoms with van der Waals surface area (Å²) in [4.78, 5) is 19.9. The number of amides is 1. The molecule has 5 rings (SSSR count). The quantitative estimate of drug-likeness (QED) is 0.437. The number of aromatic nitrogens is 3. The number of hydrogen-bond acceptors (Lipinski definition) is 7. The third-order valence-corrected chi connectivity index (χ3v) is 7.51. The van der Waals surface area contributed by atoms with E-state index in [1.807, 2.05) is 35.1 Å². The summed E-state index contributed by atoms with van der Waals surface area (Å²) in [6.07, 6.45) is 8.85. The van der Waals surface area contributed by atoms with Gasteiger partial charge in [-0.15, -0.1) is 0 Å². The molecule has 0 unspecified atom stereocenters. The Kier molecular flexibility index (Phi) is 7.25. The van der Waals surface area contributed by atoms with Gasteiger partial charge in [0.05, 0.1) is 29.6 Å². The van der Waals surface area contributed by atoms with Crippen LogP contribution < -0.4 is 9.46 Å². The van der Waals surface area contributed by atoms with E-state index in [-0.39, 0.29) is 5.69 Å². The van der Waals surface area contributed by atoms with Crippen molar-refractivity contribution >= 4 is 27.0 Å². The molecule has 2 aliphatic rings. The fraction of sp³-hybridized carbons (Fsp3) is 0.500. The van der Waals surface area contributed by atoms with E-state index in [1.54, 1.807) is 10.7 Å². The predicted molar refractivity (Wildman–Crippen MR) is 138 cm³/mol. The van der Waals surface area contributed by atoms with E-state index in [2.05, 4.69) is 9.88 Å². The first-order chi connectivity index (χ1) is 17.4. The van der Waals surface area contributed by atoms with Crippen molar-refractivity contribution in [3.05, 3.63) is 47.8 Å². The molecule has 1 amide bonds. The third-order valence-electron chi connectivity index (χ3n) is 6.96. The number of piperidine rings is 1. The molecule has 1 saturated carbocycles. The molecule has 36 heavy (non-hydrogen) atoms. The lowest BCUT2D eigenvalue weighted by molar-refractivity contribution is 0.0976. The van der Waals surface area contributed by atoms with E-state index in [4.69, 9.17) is 9.84 Å². The van der Waals surface area contributed by atoms with Gasteiger partial charge in [-0.05, 0) is 57.3 Å². The van der Waals surface area contributed by atoms with Gasteiger partial charge in [0.1, 0.15) is 11.4 Å². The highest BCUT2D eigenvalue weighted by molar-refractivity contribution is 7.89. The summed E-state index contributed by atoms with van der Waals surface area (Å²) >= 11 is 0. The van der Waals surface area contributed by atoms with Crippen molar-refractivity contribution in [1.29, 1.82) is 0 Å². The largest absolute Gasteiger partial charge is 0.493 e. The number of benzene rings is 1. The Labute approximate surface area is 211 Å². The van der Waals surface area contributed by atoms with Crippen LogP contribution in [0.4, 0.5) is 0 Å². The van der Waals surface area contributed by atoms with Gasteiger partial charge in [0.15, 0.2) is 5.65 Å². The maximum Gasteiger partial charge on any atom is 0.283 e. The van der Waals surface area contributed by atoms with Gasteiger partial charge in [-0.3, -0.25) is 4.79 Å². The maximum atomic E-state index is 12.8. The highest BCUT2D eigenvalue weighted by atomic mass is 32.2.